The number of carbonyl (C=O) groups is 3. The van der Waals surface area contributed by atoms with E-state index in [0.29, 0.717) is 0 Å². The maximum Gasteiger partial charge on any atom is 0.327 e. The van der Waals surface area contributed by atoms with Crippen molar-refractivity contribution in [1.29, 1.82) is 0 Å². The fraction of sp³-hybridized carbons (Fsp3) is 0.333. The Hall–Kier alpha value is -2.75. The molecular weight excluding hydrogens is 495 g/mol. The van der Waals surface area contributed by atoms with E-state index in [2.05, 4.69) is 15.3 Å². The highest BCUT2D eigenvalue weighted by Gasteiger charge is 2.31. The summed E-state index contributed by atoms with van der Waals surface area (Å²) in [5.41, 5.74) is 0.926. The molecular formula is C21H19Cl3N4O5. The Morgan fingerprint density at radius 2 is 1.79 bits per heavy atom. The number of nitrogens with zero attached hydrogens (tertiary/aromatic N) is 4. The predicted octanol–water partition coefficient (Wildman–Crippen LogP) is 4.42. The Morgan fingerprint density at radius 1 is 1.12 bits per heavy atom. The lowest BCUT2D eigenvalue weighted by atomic mass is 10.0. The zero-order valence-electron chi connectivity index (χ0n) is 17.9. The fourth-order valence-electron chi connectivity index (χ4n) is 2.94. The summed E-state index contributed by atoms with van der Waals surface area (Å²) in [6.07, 6.45) is -0.454. The number of hydrogen-bond acceptors (Lipinski definition) is 8. The molecule has 0 fully saturated rings. The van der Waals surface area contributed by atoms with Crippen LogP contribution in [-0.4, -0.2) is 51.7 Å². The highest BCUT2D eigenvalue weighted by atomic mass is 35.5. The van der Waals surface area contributed by atoms with Crippen LogP contribution >= 0.6 is 34.8 Å². The molecule has 1 amide bonds. The van der Waals surface area contributed by atoms with Gasteiger partial charge in [-0.3, -0.25) is 14.4 Å². The Bertz CT molecular complexity index is 1130. The van der Waals surface area contributed by atoms with E-state index in [0.717, 1.165) is 10.6 Å². The third-order valence-corrected chi connectivity index (χ3v) is 5.38. The monoisotopic (exact) mass is 512 g/mol. The van der Waals surface area contributed by atoms with Crippen LogP contribution < -0.4 is 4.74 Å². The molecule has 0 spiro atoms. The number of ketones is 1. The van der Waals surface area contributed by atoms with Crippen LogP contribution in [-0.2, 0) is 19.1 Å². The van der Waals surface area contributed by atoms with Gasteiger partial charge in [0.25, 0.3) is 5.91 Å². The van der Waals surface area contributed by atoms with Gasteiger partial charge in [0.15, 0.2) is 16.7 Å². The second-order valence-corrected chi connectivity index (χ2v) is 8.43. The van der Waals surface area contributed by atoms with Gasteiger partial charge in [-0.2, -0.15) is 5.10 Å². The summed E-state index contributed by atoms with van der Waals surface area (Å²) < 4.78 is 10.6. The molecule has 12 heteroatoms. The van der Waals surface area contributed by atoms with Crippen LogP contribution in [0.4, 0.5) is 0 Å². The summed E-state index contributed by atoms with van der Waals surface area (Å²) >= 11 is 18.8. The number of halogens is 3. The van der Waals surface area contributed by atoms with E-state index in [-0.39, 0.29) is 50.6 Å². The number of Topliss-reactive ketones (excluding diaryl/α,β-unsaturated/α-hetero) is 1. The lowest BCUT2D eigenvalue weighted by Gasteiger charge is -2.22. The average Bonchev–Trinajstić information content (AvgIpc) is 2.73. The van der Waals surface area contributed by atoms with Gasteiger partial charge in [0, 0.05) is 11.6 Å². The number of benzene rings is 1. The van der Waals surface area contributed by atoms with Crippen LogP contribution in [0, 0.1) is 0 Å². The van der Waals surface area contributed by atoms with Gasteiger partial charge in [-0.25, -0.2) is 5.01 Å². The Balaban J connectivity index is 1.92. The molecule has 1 aromatic heterocycles. The molecule has 174 valence electrons. The quantitative estimate of drug-likeness (QED) is 0.398. The van der Waals surface area contributed by atoms with Crippen LogP contribution in [0.25, 0.3) is 0 Å². The number of amides is 1. The summed E-state index contributed by atoms with van der Waals surface area (Å²) in [4.78, 5) is 36.3. The number of esters is 1. The van der Waals surface area contributed by atoms with Crippen LogP contribution in [0.3, 0.4) is 0 Å². The van der Waals surface area contributed by atoms with Crippen molar-refractivity contribution < 1.29 is 23.9 Å². The largest absolute Gasteiger partial charge is 0.465 e. The summed E-state index contributed by atoms with van der Waals surface area (Å²) in [7, 11) is 0. The highest BCUT2D eigenvalue weighted by molar-refractivity contribution is 6.50. The predicted molar refractivity (Wildman–Crippen MR) is 122 cm³/mol. The van der Waals surface area contributed by atoms with Gasteiger partial charge in [0.1, 0.15) is 12.3 Å². The van der Waals surface area contributed by atoms with E-state index in [1.165, 1.54) is 12.1 Å². The van der Waals surface area contributed by atoms with Crippen molar-refractivity contribution in [3.63, 3.8) is 0 Å². The molecule has 0 aliphatic carbocycles. The van der Waals surface area contributed by atoms with Gasteiger partial charge < -0.3 is 9.47 Å². The number of rotatable bonds is 7. The molecule has 9 nitrogen and oxygen atoms in total. The van der Waals surface area contributed by atoms with E-state index in [1.54, 1.807) is 13.0 Å². The number of carbonyl (C=O) groups excluding carboxylic acids is 3. The molecule has 1 aliphatic rings. The second kappa shape index (κ2) is 10.5. The van der Waals surface area contributed by atoms with Gasteiger partial charge in [-0.1, -0.05) is 48.7 Å². The van der Waals surface area contributed by atoms with E-state index in [9.17, 15) is 14.4 Å². The molecule has 0 unspecified atom stereocenters. The smallest absolute Gasteiger partial charge is 0.327 e. The molecule has 33 heavy (non-hydrogen) atoms. The summed E-state index contributed by atoms with van der Waals surface area (Å²) in [6.45, 7) is 5.26. The Morgan fingerprint density at radius 3 is 2.39 bits per heavy atom. The molecule has 2 aromatic rings. The zero-order chi connectivity index (χ0) is 24.3. The Labute approximate surface area is 204 Å². The van der Waals surface area contributed by atoms with E-state index >= 15 is 0 Å². The van der Waals surface area contributed by atoms with Gasteiger partial charge in [-0.15, -0.1) is 10.2 Å². The number of aromatic nitrogens is 2. The molecule has 2 heterocycles. The fourth-order valence-corrected chi connectivity index (χ4v) is 3.82. The standard InChI is InChI=1S/C21H19Cl3N4O5/c1-4-32-18(31)9-28-17(30)8-15(29)19(27-28)11-5-13(22)20(14(23)6-11)33-16-7-12(10(2)3)21(24)26-25-16/h5-7,10H,4,8-9H2,1-3H3. The van der Waals surface area contributed by atoms with E-state index < -0.39 is 30.6 Å². The molecule has 1 aliphatic heterocycles. The molecule has 1 aromatic carbocycles. The molecule has 0 saturated carbocycles. The van der Waals surface area contributed by atoms with Crippen molar-refractivity contribution in [2.75, 3.05) is 13.2 Å². The van der Waals surface area contributed by atoms with Crippen molar-refractivity contribution in [3.8, 4) is 11.6 Å². The molecule has 0 bridgehead atoms. The average molecular weight is 514 g/mol. The number of hydrazone groups is 1. The SMILES string of the molecule is CCOC(=O)CN1N=C(c2cc(Cl)c(Oc3cc(C(C)C)c(Cl)nn3)c(Cl)c2)C(=O)CC1=O. The molecule has 0 N–H and O–H groups in total. The Kier molecular flexibility index (Phi) is 7.88. The number of hydrogen-bond donors (Lipinski definition) is 0. The lowest BCUT2D eigenvalue weighted by molar-refractivity contribution is -0.150. The second-order valence-electron chi connectivity index (χ2n) is 7.26. The molecule has 0 radical (unpaired) electrons. The minimum atomic E-state index is -0.645. The number of ether oxygens (including phenoxy) is 2. The first-order chi connectivity index (χ1) is 15.6. The van der Waals surface area contributed by atoms with Gasteiger partial charge in [0.2, 0.25) is 5.88 Å². The summed E-state index contributed by atoms with van der Waals surface area (Å²) in [5.74, 6) is -1.48. The lowest BCUT2D eigenvalue weighted by Crippen LogP contribution is -2.40. The normalized spacial score (nSPS) is 13.9. The van der Waals surface area contributed by atoms with Crippen molar-refractivity contribution in [2.24, 2.45) is 5.10 Å². The van der Waals surface area contributed by atoms with E-state index in [4.69, 9.17) is 44.3 Å². The van der Waals surface area contributed by atoms with E-state index in [1.807, 2.05) is 13.8 Å². The van der Waals surface area contributed by atoms with Crippen LogP contribution in [0.1, 0.15) is 44.2 Å². The van der Waals surface area contributed by atoms with Crippen LogP contribution in [0.15, 0.2) is 23.3 Å². The van der Waals surface area contributed by atoms with Crippen molar-refractivity contribution in [2.45, 2.75) is 33.1 Å². The van der Waals surface area contributed by atoms with Crippen molar-refractivity contribution in [3.05, 3.63) is 44.5 Å². The van der Waals surface area contributed by atoms with Crippen molar-refractivity contribution >= 4 is 58.2 Å². The van der Waals surface area contributed by atoms with Gasteiger partial charge >= 0.3 is 5.97 Å². The first kappa shape index (κ1) is 24.9. The third-order valence-electron chi connectivity index (χ3n) is 4.52. The van der Waals surface area contributed by atoms with Crippen LogP contribution in [0.5, 0.6) is 11.6 Å². The van der Waals surface area contributed by atoms with Crippen LogP contribution in [0.2, 0.25) is 15.2 Å². The first-order valence-electron chi connectivity index (χ1n) is 9.88. The maximum absolute atomic E-state index is 12.5. The van der Waals surface area contributed by atoms with Gasteiger partial charge in [-0.05, 0) is 30.5 Å². The topological polar surface area (TPSA) is 111 Å². The molecule has 3 rings (SSSR count). The summed E-state index contributed by atoms with van der Waals surface area (Å²) in [5, 5.41) is 13.1. The van der Waals surface area contributed by atoms with Crippen molar-refractivity contribution in [1.82, 2.24) is 15.2 Å². The molecule has 0 atom stereocenters. The molecule has 0 saturated heterocycles. The summed E-state index contributed by atoms with van der Waals surface area (Å²) in [6, 6.07) is 4.48. The first-order valence-corrected chi connectivity index (χ1v) is 11.0. The highest BCUT2D eigenvalue weighted by Crippen LogP contribution is 2.38. The third kappa shape index (κ3) is 5.79. The maximum atomic E-state index is 12.5. The minimum absolute atomic E-state index is 0.0670. The minimum Gasteiger partial charge on any atom is -0.465 e. The van der Waals surface area contributed by atoms with Gasteiger partial charge in [0.05, 0.1) is 23.1 Å². The zero-order valence-corrected chi connectivity index (χ0v) is 20.2.